The van der Waals surface area contributed by atoms with Gasteiger partial charge in [-0.25, -0.2) is 8.42 Å². The molecule has 31 heavy (non-hydrogen) atoms. The average Bonchev–Trinajstić information content (AvgIpc) is 2.96. The van der Waals surface area contributed by atoms with E-state index in [2.05, 4.69) is 10.0 Å². The van der Waals surface area contributed by atoms with E-state index in [1.165, 1.54) is 44.3 Å². The molecule has 0 saturated carbocycles. The molecule has 1 aliphatic rings. The number of imide groups is 1. The number of nitrogens with zero attached hydrogens (tertiary/aromatic N) is 1. The summed E-state index contributed by atoms with van der Waals surface area (Å²) in [6.45, 7) is 0.625. The van der Waals surface area contributed by atoms with E-state index >= 15 is 0 Å². The van der Waals surface area contributed by atoms with Gasteiger partial charge in [-0.05, 0) is 37.3 Å². The van der Waals surface area contributed by atoms with Crippen LogP contribution in [-0.4, -0.2) is 56.7 Å². The van der Waals surface area contributed by atoms with Crippen molar-refractivity contribution in [3.8, 4) is 0 Å². The first-order valence-electron chi connectivity index (χ1n) is 9.10. The van der Waals surface area contributed by atoms with E-state index in [9.17, 15) is 27.6 Å². The smallest absolute Gasteiger partial charge is 0.324 e. The number of ether oxygens (including phenoxy) is 1. The Morgan fingerprint density at radius 1 is 1.03 bits per heavy atom. The van der Waals surface area contributed by atoms with Gasteiger partial charge in [0.05, 0.1) is 16.0 Å². The first-order chi connectivity index (χ1) is 14.6. The van der Waals surface area contributed by atoms with Crippen molar-refractivity contribution in [1.82, 2.24) is 9.62 Å². The summed E-state index contributed by atoms with van der Waals surface area (Å²) in [4.78, 5) is 49.0. The van der Waals surface area contributed by atoms with E-state index in [4.69, 9.17) is 4.74 Å². The van der Waals surface area contributed by atoms with E-state index in [0.29, 0.717) is 0 Å². The van der Waals surface area contributed by atoms with Crippen LogP contribution in [0.15, 0.2) is 53.4 Å². The molecule has 10 nitrogen and oxygen atoms in total. The van der Waals surface area contributed by atoms with E-state index in [1.807, 2.05) is 0 Å². The molecule has 1 heterocycles. The zero-order chi connectivity index (χ0) is 22.8. The van der Waals surface area contributed by atoms with Gasteiger partial charge in [-0.2, -0.15) is 4.72 Å². The summed E-state index contributed by atoms with van der Waals surface area (Å²) in [6, 6.07) is 10.5. The average molecular weight is 445 g/mol. The first-order valence-corrected chi connectivity index (χ1v) is 10.6. The van der Waals surface area contributed by atoms with Crippen molar-refractivity contribution in [2.45, 2.75) is 17.9 Å². The molecule has 1 atom stereocenters. The van der Waals surface area contributed by atoms with Gasteiger partial charge in [0, 0.05) is 12.7 Å². The predicted octanol–water partition coefficient (Wildman–Crippen LogP) is 0.761. The minimum atomic E-state index is -3.93. The molecule has 1 aliphatic heterocycles. The minimum Gasteiger partial charge on any atom is -0.454 e. The molecule has 0 fully saturated rings. The number of esters is 1. The molecule has 11 heteroatoms. The third kappa shape index (κ3) is 4.78. The highest BCUT2D eigenvalue weighted by atomic mass is 32.2. The van der Waals surface area contributed by atoms with Gasteiger partial charge in [-0.1, -0.05) is 18.2 Å². The van der Waals surface area contributed by atoms with Crippen LogP contribution in [0.5, 0.6) is 0 Å². The van der Waals surface area contributed by atoms with Gasteiger partial charge >= 0.3 is 5.97 Å². The minimum absolute atomic E-state index is 0.0114. The maximum absolute atomic E-state index is 12.2. The Balaban J connectivity index is 1.55. The number of rotatable bonds is 7. The fraction of sp³-hybridized carbons (Fsp3) is 0.200. The molecule has 162 valence electrons. The number of sulfonamides is 1. The molecule has 0 bridgehead atoms. The third-order valence-corrected chi connectivity index (χ3v) is 6.01. The number of carbonyl (C=O) groups excluding carboxylic acids is 4. The van der Waals surface area contributed by atoms with Gasteiger partial charge in [0.2, 0.25) is 10.0 Å². The van der Waals surface area contributed by atoms with Gasteiger partial charge in [-0.15, -0.1) is 0 Å². The molecule has 2 aromatic carbocycles. The Morgan fingerprint density at radius 3 is 2.35 bits per heavy atom. The zero-order valence-corrected chi connectivity index (χ0v) is 17.4. The summed E-state index contributed by atoms with van der Waals surface area (Å²) in [5.41, 5.74) is 0.636. The Morgan fingerprint density at radius 2 is 1.68 bits per heavy atom. The van der Waals surface area contributed by atoms with Crippen molar-refractivity contribution in [2.24, 2.45) is 0 Å². The molecule has 0 saturated heterocycles. The Labute approximate surface area is 178 Å². The number of amides is 3. The lowest BCUT2D eigenvalue weighted by molar-refractivity contribution is -0.148. The van der Waals surface area contributed by atoms with Crippen LogP contribution >= 0.6 is 0 Å². The van der Waals surface area contributed by atoms with Gasteiger partial charge in [0.25, 0.3) is 17.7 Å². The number of benzene rings is 2. The summed E-state index contributed by atoms with van der Waals surface area (Å²) in [5, 5.41) is 2.45. The van der Waals surface area contributed by atoms with Gasteiger partial charge in [0.15, 0.2) is 6.61 Å². The lowest BCUT2D eigenvalue weighted by atomic mass is 10.1. The number of nitrogens with one attached hydrogen (secondary N) is 2. The molecule has 0 radical (unpaired) electrons. The number of hydrogen-bond acceptors (Lipinski definition) is 7. The Bertz CT molecular complexity index is 1160. The molecule has 0 spiro atoms. The fourth-order valence-corrected chi connectivity index (χ4v) is 4.06. The molecule has 2 aromatic rings. The van der Waals surface area contributed by atoms with Crippen LogP contribution in [0.25, 0.3) is 0 Å². The van der Waals surface area contributed by atoms with E-state index in [-0.39, 0.29) is 21.7 Å². The highest BCUT2D eigenvalue weighted by Gasteiger charge is 2.32. The van der Waals surface area contributed by atoms with Crippen molar-refractivity contribution < 1.29 is 32.3 Å². The van der Waals surface area contributed by atoms with Crippen molar-refractivity contribution >= 4 is 39.4 Å². The Kier molecular flexibility index (Phi) is 6.18. The second kappa shape index (κ2) is 8.66. The fourth-order valence-electron chi connectivity index (χ4n) is 2.85. The highest BCUT2D eigenvalue weighted by Crippen LogP contribution is 2.24. The molecular formula is C20H19N3O7S. The van der Waals surface area contributed by atoms with Crippen LogP contribution in [0.1, 0.15) is 27.6 Å². The van der Waals surface area contributed by atoms with Crippen molar-refractivity contribution in [3.05, 3.63) is 59.7 Å². The van der Waals surface area contributed by atoms with Crippen molar-refractivity contribution in [1.29, 1.82) is 0 Å². The van der Waals surface area contributed by atoms with Crippen LogP contribution in [-0.2, 0) is 24.3 Å². The van der Waals surface area contributed by atoms with E-state index < -0.39 is 46.4 Å². The number of hydrogen-bond donors (Lipinski definition) is 2. The van der Waals surface area contributed by atoms with Crippen LogP contribution in [0, 0.1) is 0 Å². The van der Waals surface area contributed by atoms with E-state index in [0.717, 1.165) is 4.90 Å². The second-order valence-corrected chi connectivity index (χ2v) is 8.46. The topological polar surface area (TPSA) is 139 Å². The predicted molar refractivity (Wildman–Crippen MR) is 109 cm³/mol. The third-order valence-electron chi connectivity index (χ3n) is 4.46. The summed E-state index contributed by atoms with van der Waals surface area (Å²) < 4.78 is 31.5. The molecule has 3 rings (SSSR count). The monoisotopic (exact) mass is 445 g/mol. The second-order valence-electron chi connectivity index (χ2n) is 6.74. The Hall–Kier alpha value is -3.57. The van der Waals surface area contributed by atoms with Crippen LogP contribution < -0.4 is 10.0 Å². The standard InChI is InChI=1S/C20H19N3O7S/c1-12(22-31(28,29)14-6-4-3-5-7-14)20(27)30-11-17(24)21-13-8-9-15-16(10-13)19(26)23(2)18(15)25/h3-10,12,22H,11H2,1-2H3,(H,21,24)/t12-/m0/s1. The summed E-state index contributed by atoms with van der Waals surface area (Å²) in [6.07, 6.45) is 0. The van der Waals surface area contributed by atoms with Crippen LogP contribution in [0.2, 0.25) is 0 Å². The van der Waals surface area contributed by atoms with Crippen molar-refractivity contribution in [2.75, 3.05) is 19.0 Å². The molecule has 3 amide bonds. The quantitative estimate of drug-likeness (QED) is 0.474. The summed E-state index contributed by atoms with van der Waals surface area (Å²) in [5.74, 6) is -2.55. The number of anilines is 1. The summed E-state index contributed by atoms with van der Waals surface area (Å²) >= 11 is 0. The summed E-state index contributed by atoms with van der Waals surface area (Å²) in [7, 11) is -2.57. The highest BCUT2D eigenvalue weighted by molar-refractivity contribution is 7.89. The molecular weight excluding hydrogens is 426 g/mol. The largest absolute Gasteiger partial charge is 0.454 e. The number of carbonyl (C=O) groups is 4. The lowest BCUT2D eigenvalue weighted by Crippen LogP contribution is -2.40. The normalized spacial score (nSPS) is 14.2. The van der Waals surface area contributed by atoms with Gasteiger partial charge in [0.1, 0.15) is 6.04 Å². The van der Waals surface area contributed by atoms with Gasteiger partial charge < -0.3 is 10.1 Å². The van der Waals surface area contributed by atoms with Crippen molar-refractivity contribution in [3.63, 3.8) is 0 Å². The molecule has 0 aromatic heterocycles. The SMILES string of the molecule is C[C@H](NS(=O)(=O)c1ccccc1)C(=O)OCC(=O)Nc1ccc2c(c1)C(=O)N(C)C2=O. The van der Waals surface area contributed by atoms with Crippen LogP contribution in [0.3, 0.4) is 0 Å². The molecule has 0 aliphatic carbocycles. The van der Waals surface area contributed by atoms with Gasteiger partial charge in [-0.3, -0.25) is 24.1 Å². The maximum Gasteiger partial charge on any atom is 0.324 e. The zero-order valence-electron chi connectivity index (χ0n) is 16.6. The van der Waals surface area contributed by atoms with Crippen LogP contribution in [0.4, 0.5) is 5.69 Å². The van der Waals surface area contributed by atoms with E-state index in [1.54, 1.807) is 18.2 Å². The molecule has 2 N–H and O–H groups in total. The first kappa shape index (κ1) is 22.1. The number of fused-ring (bicyclic) bond motifs is 1. The lowest BCUT2D eigenvalue weighted by Gasteiger charge is -2.14. The molecule has 0 unspecified atom stereocenters. The maximum atomic E-state index is 12.2.